The van der Waals surface area contributed by atoms with E-state index in [4.69, 9.17) is 9.72 Å². The number of para-hydroxylation sites is 1. The van der Waals surface area contributed by atoms with E-state index in [1.165, 1.54) is 12.0 Å². The monoisotopic (exact) mass is 535 g/mol. The van der Waals surface area contributed by atoms with E-state index in [0.717, 1.165) is 11.1 Å². The summed E-state index contributed by atoms with van der Waals surface area (Å²) in [5.74, 6) is 0.0571. The molecule has 3 aromatic rings. The van der Waals surface area contributed by atoms with Gasteiger partial charge in [0.25, 0.3) is 5.56 Å². The number of esters is 1. The van der Waals surface area contributed by atoms with Crippen molar-refractivity contribution in [2.75, 3.05) is 37.0 Å². The number of hydrogen-bond donors (Lipinski definition) is 2. The van der Waals surface area contributed by atoms with E-state index in [1.54, 1.807) is 23.7 Å². The summed E-state index contributed by atoms with van der Waals surface area (Å²) in [6.45, 7) is 11.1. The second-order valence-electron chi connectivity index (χ2n) is 11.2. The molecule has 1 aromatic heterocycles. The molecule has 1 saturated heterocycles. The number of aryl methyl sites for hydroxylation is 1. The molecule has 10 nitrogen and oxygen atoms in total. The number of ether oxygens (including phenoxy) is 1. The van der Waals surface area contributed by atoms with Crippen LogP contribution in [0, 0.1) is 12.3 Å². The Bertz CT molecular complexity index is 1480. The van der Waals surface area contributed by atoms with Crippen LogP contribution in [-0.4, -0.2) is 64.4 Å². The number of methoxy groups -OCH3 is 1. The fraction of sp³-hybridized carbons (Fsp3) is 0.448. The molecule has 0 bridgehead atoms. The van der Waals surface area contributed by atoms with E-state index < -0.39 is 12.1 Å². The van der Waals surface area contributed by atoms with E-state index in [9.17, 15) is 19.5 Å². The van der Waals surface area contributed by atoms with Crippen LogP contribution in [0.1, 0.15) is 55.2 Å². The molecule has 2 heterocycles. The molecule has 0 spiro atoms. The number of nitrogens with one attached hydrogen (secondary N) is 1. The van der Waals surface area contributed by atoms with Crippen LogP contribution in [0.3, 0.4) is 0 Å². The van der Waals surface area contributed by atoms with E-state index in [1.807, 2.05) is 63.8 Å². The first-order valence-electron chi connectivity index (χ1n) is 13.0. The van der Waals surface area contributed by atoms with E-state index >= 15 is 0 Å². The lowest BCUT2D eigenvalue weighted by molar-refractivity contribution is 0.0601. The molecule has 10 heteroatoms. The highest BCUT2D eigenvalue weighted by Crippen LogP contribution is 2.32. The van der Waals surface area contributed by atoms with Gasteiger partial charge in [-0.1, -0.05) is 39.0 Å². The van der Waals surface area contributed by atoms with Crippen molar-refractivity contribution < 1.29 is 19.4 Å². The van der Waals surface area contributed by atoms with Crippen LogP contribution in [0.25, 0.3) is 10.9 Å². The molecule has 1 fully saturated rings. The second-order valence-corrected chi connectivity index (χ2v) is 11.2. The number of amides is 1. The fourth-order valence-corrected chi connectivity index (χ4v) is 5.30. The predicted molar refractivity (Wildman–Crippen MR) is 152 cm³/mol. The number of fused-ring (bicyclic) bond motifs is 1. The first-order valence-corrected chi connectivity index (χ1v) is 13.0. The van der Waals surface area contributed by atoms with Crippen molar-refractivity contribution in [2.45, 2.75) is 46.7 Å². The highest BCUT2D eigenvalue weighted by molar-refractivity contribution is 5.95. The molecule has 1 aliphatic rings. The zero-order chi connectivity index (χ0) is 28.6. The summed E-state index contributed by atoms with van der Waals surface area (Å²) in [4.78, 5) is 46.4. The zero-order valence-electron chi connectivity index (χ0n) is 23.6. The van der Waals surface area contributed by atoms with Crippen molar-refractivity contribution in [3.63, 3.8) is 0 Å². The van der Waals surface area contributed by atoms with Crippen molar-refractivity contribution >= 4 is 34.6 Å². The number of piperazine rings is 1. The Kier molecular flexibility index (Phi) is 7.59. The van der Waals surface area contributed by atoms with Gasteiger partial charge in [-0.25, -0.2) is 14.6 Å². The maximum absolute atomic E-state index is 13.6. The summed E-state index contributed by atoms with van der Waals surface area (Å²) in [6, 6.07) is 10.4. The summed E-state index contributed by atoms with van der Waals surface area (Å²) in [5.41, 5.74) is 2.87. The van der Waals surface area contributed by atoms with Crippen molar-refractivity contribution in [1.82, 2.24) is 14.5 Å². The van der Waals surface area contributed by atoms with Gasteiger partial charge in [-0.05, 0) is 43.0 Å². The molecule has 0 saturated carbocycles. The SMILES string of the molecule is COC(=O)c1ccccc1NC(C)c1cc(C)cc2c(=O)n(C)c(N3CCN(C(=O)O)C(C(C)(C)C)C3)nc12. The first kappa shape index (κ1) is 27.9. The molecule has 2 N–H and O–H groups in total. The Morgan fingerprint density at radius 2 is 1.87 bits per heavy atom. The van der Waals surface area contributed by atoms with Crippen LogP contribution >= 0.6 is 0 Å². The van der Waals surface area contributed by atoms with Crippen LogP contribution in [0.2, 0.25) is 0 Å². The molecular weight excluding hydrogens is 498 g/mol. The standard InChI is InChI=1S/C29H37N5O5/c1-17-14-20(18(2)30-22-11-9-8-10-19(22)26(36)39-7)24-21(15-17)25(35)32(6)27(31-24)33-12-13-34(28(37)38)23(16-33)29(3,4)5/h8-11,14-15,18,23,30H,12-13,16H2,1-7H3,(H,37,38). The van der Waals surface area contributed by atoms with Gasteiger partial charge < -0.3 is 25.0 Å². The number of carboxylic acid groups (broad SMARTS) is 1. The molecule has 2 atom stereocenters. The summed E-state index contributed by atoms with van der Waals surface area (Å²) in [6.07, 6.45) is -0.945. The molecule has 2 unspecified atom stereocenters. The molecule has 208 valence electrons. The molecule has 0 radical (unpaired) electrons. The van der Waals surface area contributed by atoms with Gasteiger partial charge in [0.15, 0.2) is 0 Å². The van der Waals surface area contributed by atoms with Crippen molar-refractivity contribution in [2.24, 2.45) is 12.5 Å². The Hall–Kier alpha value is -4.08. The lowest BCUT2D eigenvalue weighted by Gasteiger charge is -2.46. The van der Waals surface area contributed by atoms with Gasteiger partial charge in [-0.15, -0.1) is 0 Å². The van der Waals surface area contributed by atoms with E-state index in [-0.39, 0.29) is 23.1 Å². The Balaban J connectivity index is 1.79. The minimum Gasteiger partial charge on any atom is -0.465 e. The average Bonchev–Trinajstić information content (AvgIpc) is 2.89. The lowest BCUT2D eigenvalue weighted by atomic mass is 9.84. The quantitative estimate of drug-likeness (QED) is 0.461. The van der Waals surface area contributed by atoms with Gasteiger partial charge >= 0.3 is 12.1 Å². The van der Waals surface area contributed by atoms with Gasteiger partial charge in [0, 0.05) is 37.9 Å². The van der Waals surface area contributed by atoms with Crippen molar-refractivity contribution in [1.29, 1.82) is 0 Å². The summed E-state index contributed by atoms with van der Waals surface area (Å²) < 4.78 is 6.49. The highest BCUT2D eigenvalue weighted by Gasteiger charge is 2.39. The Morgan fingerprint density at radius 1 is 1.18 bits per heavy atom. The molecule has 0 aliphatic carbocycles. The largest absolute Gasteiger partial charge is 0.465 e. The number of carbonyl (C=O) groups excluding carboxylic acids is 1. The number of aromatic nitrogens is 2. The first-order chi connectivity index (χ1) is 18.3. The van der Waals surface area contributed by atoms with Gasteiger partial charge in [0.05, 0.1) is 35.7 Å². The summed E-state index contributed by atoms with van der Waals surface area (Å²) in [5, 5.41) is 13.7. The summed E-state index contributed by atoms with van der Waals surface area (Å²) in [7, 11) is 3.05. The summed E-state index contributed by atoms with van der Waals surface area (Å²) >= 11 is 0. The highest BCUT2D eigenvalue weighted by atomic mass is 16.5. The lowest BCUT2D eigenvalue weighted by Crippen LogP contribution is -2.60. The molecule has 1 amide bonds. The average molecular weight is 536 g/mol. The third-order valence-electron chi connectivity index (χ3n) is 7.41. The van der Waals surface area contributed by atoms with Crippen LogP contribution in [-0.2, 0) is 11.8 Å². The number of anilines is 2. The van der Waals surface area contributed by atoms with Gasteiger partial charge in [-0.2, -0.15) is 0 Å². The third-order valence-corrected chi connectivity index (χ3v) is 7.41. The maximum atomic E-state index is 13.6. The fourth-order valence-electron chi connectivity index (χ4n) is 5.30. The Labute approximate surface area is 228 Å². The molecule has 4 rings (SSSR count). The number of carbonyl (C=O) groups is 2. The van der Waals surface area contributed by atoms with Gasteiger partial charge in [0.1, 0.15) is 0 Å². The number of benzene rings is 2. The van der Waals surface area contributed by atoms with Crippen molar-refractivity contribution in [3.8, 4) is 0 Å². The third kappa shape index (κ3) is 5.41. The zero-order valence-corrected chi connectivity index (χ0v) is 23.6. The molecule has 1 aliphatic heterocycles. The number of hydrogen-bond acceptors (Lipinski definition) is 7. The minimum atomic E-state index is -0.945. The normalized spacial score (nSPS) is 16.7. The van der Waals surface area contributed by atoms with Crippen LogP contribution in [0.5, 0.6) is 0 Å². The molecular formula is C29H37N5O5. The van der Waals surface area contributed by atoms with Crippen LogP contribution in [0.15, 0.2) is 41.2 Å². The van der Waals surface area contributed by atoms with E-state index in [0.29, 0.717) is 47.7 Å². The molecule has 2 aromatic carbocycles. The Morgan fingerprint density at radius 3 is 2.51 bits per heavy atom. The van der Waals surface area contributed by atoms with Gasteiger partial charge in [0.2, 0.25) is 5.95 Å². The maximum Gasteiger partial charge on any atom is 0.407 e. The minimum absolute atomic E-state index is 0.171. The second kappa shape index (κ2) is 10.6. The topological polar surface area (TPSA) is 117 Å². The van der Waals surface area contributed by atoms with E-state index in [2.05, 4.69) is 5.32 Å². The molecule has 39 heavy (non-hydrogen) atoms. The predicted octanol–water partition coefficient (Wildman–Crippen LogP) is 4.42. The number of rotatable bonds is 5. The van der Waals surface area contributed by atoms with Crippen LogP contribution < -0.4 is 15.8 Å². The van der Waals surface area contributed by atoms with Crippen LogP contribution in [0.4, 0.5) is 16.4 Å². The number of nitrogens with zero attached hydrogens (tertiary/aromatic N) is 4. The smallest absolute Gasteiger partial charge is 0.407 e. The van der Waals surface area contributed by atoms with Gasteiger partial charge in [-0.3, -0.25) is 9.36 Å². The van der Waals surface area contributed by atoms with Crippen molar-refractivity contribution in [3.05, 3.63) is 63.4 Å².